The van der Waals surface area contributed by atoms with Crippen molar-refractivity contribution in [2.75, 3.05) is 6.54 Å². The molecule has 2 atom stereocenters. The molecule has 2 heterocycles. The van der Waals surface area contributed by atoms with Crippen molar-refractivity contribution in [2.24, 2.45) is 5.92 Å². The minimum Gasteiger partial charge on any atom is -0.335 e. The van der Waals surface area contributed by atoms with Crippen LogP contribution in [0.5, 0.6) is 0 Å². The van der Waals surface area contributed by atoms with Gasteiger partial charge in [0.05, 0.1) is 0 Å². The summed E-state index contributed by atoms with van der Waals surface area (Å²) in [5.74, 6) is 0.0318. The third-order valence-corrected chi connectivity index (χ3v) is 3.64. The Hall–Kier alpha value is -1.45. The number of aromatic nitrogens is 1. The molecule has 0 N–H and O–H groups in total. The van der Waals surface area contributed by atoms with Crippen molar-refractivity contribution in [3.8, 4) is 0 Å². The number of nitrogens with zero attached hydrogens (tertiary/aromatic N) is 2. The van der Waals surface area contributed by atoms with Crippen molar-refractivity contribution in [3.63, 3.8) is 0 Å². The van der Waals surface area contributed by atoms with E-state index in [1.165, 1.54) is 18.7 Å². The van der Waals surface area contributed by atoms with E-state index in [2.05, 4.69) is 4.98 Å². The molecular formula is C12H13FN2O. The highest BCUT2D eigenvalue weighted by Crippen LogP contribution is 2.37. The highest BCUT2D eigenvalue weighted by Gasteiger charge is 2.40. The Bertz CT molecular complexity index is 435. The first kappa shape index (κ1) is 9.75. The molecule has 1 aliphatic carbocycles. The number of carbonyl (C=O) groups excluding carboxylic acids is 1. The zero-order valence-corrected chi connectivity index (χ0v) is 8.90. The second-order valence-electron chi connectivity index (χ2n) is 4.66. The SMILES string of the molecule is O=C(c1ccnc(F)c1)N1CC2CCC1C2. The Morgan fingerprint density at radius 1 is 1.50 bits per heavy atom. The second-order valence-corrected chi connectivity index (χ2v) is 4.66. The molecule has 2 fully saturated rings. The van der Waals surface area contributed by atoms with E-state index in [1.54, 1.807) is 6.07 Å². The fraction of sp³-hybridized carbons (Fsp3) is 0.500. The number of pyridine rings is 1. The van der Waals surface area contributed by atoms with Gasteiger partial charge in [0.1, 0.15) is 0 Å². The first-order valence-corrected chi connectivity index (χ1v) is 5.66. The molecule has 3 nitrogen and oxygen atoms in total. The Balaban J connectivity index is 1.83. The molecule has 0 spiro atoms. The van der Waals surface area contributed by atoms with E-state index in [9.17, 15) is 9.18 Å². The van der Waals surface area contributed by atoms with Crippen LogP contribution < -0.4 is 0 Å². The molecule has 84 valence electrons. The number of halogens is 1. The molecule has 4 heteroatoms. The zero-order valence-electron chi connectivity index (χ0n) is 8.90. The maximum atomic E-state index is 12.9. The lowest BCUT2D eigenvalue weighted by atomic mass is 10.1. The number of hydrogen-bond donors (Lipinski definition) is 0. The fourth-order valence-corrected chi connectivity index (χ4v) is 2.87. The molecule has 2 bridgehead atoms. The summed E-state index contributed by atoms with van der Waals surface area (Å²) in [6.45, 7) is 0.841. The molecule has 16 heavy (non-hydrogen) atoms. The van der Waals surface area contributed by atoms with Gasteiger partial charge in [-0.05, 0) is 31.2 Å². The summed E-state index contributed by atoms with van der Waals surface area (Å²) in [5.41, 5.74) is 0.417. The van der Waals surface area contributed by atoms with Crippen LogP contribution in [0.2, 0.25) is 0 Å². The lowest BCUT2D eigenvalue weighted by molar-refractivity contribution is 0.0703. The number of piperidine rings is 1. The van der Waals surface area contributed by atoms with Gasteiger partial charge in [-0.25, -0.2) is 4.98 Å². The van der Waals surface area contributed by atoms with Gasteiger partial charge in [0.15, 0.2) is 0 Å². The van der Waals surface area contributed by atoms with Gasteiger partial charge in [0, 0.05) is 30.4 Å². The standard InChI is InChI=1S/C12H13FN2O/c13-11-6-9(3-4-14-11)12(16)15-7-8-1-2-10(15)5-8/h3-4,6,8,10H,1-2,5,7H2. The summed E-state index contributed by atoms with van der Waals surface area (Å²) < 4.78 is 12.9. The Labute approximate surface area is 93.3 Å². The highest BCUT2D eigenvalue weighted by molar-refractivity contribution is 5.94. The van der Waals surface area contributed by atoms with Crippen molar-refractivity contribution in [1.29, 1.82) is 0 Å². The summed E-state index contributed by atoms with van der Waals surface area (Å²) in [7, 11) is 0. The molecule has 2 unspecified atom stereocenters. The van der Waals surface area contributed by atoms with E-state index in [-0.39, 0.29) is 5.91 Å². The number of fused-ring (bicyclic) bond motifs is 2. The average molecular weight is 220 g/mol. The summed E-state index contributed by atoms with van der Waals surface area (Å²) in [5, 5.41) is 0. The van der Waals surface area contributed by atoms with E-state index in [0.29, 0.717) is 17.5 Å². The third-order valence-electron chi connectivity index (χ3n) is 3.64. The maximum absolute atomic E-state index is 12.9. The van der Waals surface area contributed by atoms with Gasteiger partial charge in [-0.1, -0.05) is 0 Å². The lowest BCUT2D eigenvalue weighted by Gasteiger charge is -2.26. The van der Waals surface area contributed by atoms with E-state index in [1.807, 2.05) is 4.90 Å². The smallest absolute Gasteiger partial charge is 0.254 e. The van der Waals surface area contributed by atoms with Crippen LogP contribution >= 0.6 is 0 Å². The Morgan fingerprint density at radius 2 is 2.38 bits per heavy atom. The molecule has 2 aliphatic rings. The van der Waals surface area contributed by atoms with E-state index >= 15 is 0 Å². The minimum atomic E-state index is -0.588. The molecule has 1 amide bonds. The maximum Gasteiger partial charge on any atom is 0.254 e. The zero-order chi connectivity index (χ0) is 11.1. The summed E-state index contributed by atoms with van der Waals surface area (Å²) in [6, 6.07) is 3.18. The molecule has 1 aromatic heterocycles. The molecule has 1 saturated heterocycles. The molecule has 0 aromatic carbocycles. The van der Waals surface area contributed by atoms with Crippen LogP contribution in [0.1, 0.15) is 29.6 Å². The fourth-order valence-electron chi connectivity index (χ4n) is 2.87. The Kier molecular flexibility index (Phi) is 2.16. The number of rotatable bonds is 1. The van der Waals surface area contributed by atoms with Gasteiger partial charge in [0.25, 0.3) is 5.91 Å². The quantitative estimate of drug-likeness (QED) is 0.677. The predicted molar refractivity (Wildman–Crippen MR) is 56.4 cm³/mol. The van der Waals surface area contributed by atoms with Crippen LogP contribution in [-0.4, -0.2) is 28.4 Å². The topological polar surface area (TPSA) is 33.2 Å². The van der Waals surface area contributed by atoms with Crippen molar-refractivity contribution in [2.45, 2.75) is 25.3 Å². The molecule has 1 aliphatic heterocycles. The van der Waals surface area contributed by atoms with Crippen LogP contribution in [0, 0.1) is 11.9 Å². The predicted octanol–water partition coefficient (Wildman–Crippen LogP) is 1.85. The van der Waals surface area contributed by atoms with Crippen molar-refractivity contribution in [3.05, 3.63) is 29.8 Å². The number of carbonyl (C=O) groups is 1. The summed E-state index contributed by atoms with van der Waals surface area (Å²) in [4.78, 5) is 17.5. The van der Waals surface area contributed by atoms with E-state index < -0.39 is 5.95 Å². The van der Waals surface area contributed by atoms with Crippen molar-refractivity contribution in [1.82, 2.24) is 9.88 Å². The van der Waals surface area contributed by atoms with Crippen LogP contribution in [0.4, 0.5) is 4.39 Å². The molecular weight excluding hydrogens is 207 g/mol. The minimum absolute atomic E-state index is 0.0477. The van der Waals surface area contributed by atoms with Crippen LogP contribution in [0.15, 0.2) is 18.3 Å². The molecule has 1 saturated carbocycles. The largest absolute Gasteiger partial charge is 0.335 e. The average Bonchev–Trinajstić information content (AvgIpc) is 2.89. The van der Waals surface area contributed by atoms with Crippen molar-refractivity contribution >= 4 is 5.91 Å². The molecule has 0 radical (unpaired) electrons. The summed E-state index contributed by atoms with van der Waals surface area (Å²) in [6.07, 6.45) is 4.80. The van der Waals surface area contributed by atoms with Gasteiger partial charge in [-0.15, -0.1) is 0 Å². The Morgan fingerprint density at radius 3 is 3.00 bits per heavy atom. The van der Waals surface area contributed by atoms with Gasteiger partial charge in [-0.3, -0.25) is 4.79 Å². The monoisotopic (exact) mass is 220 g/mol. The van der Waals surface area contributed by atoms with Gasteiger partial charge < -0.3 is 4.90 Å². The first-order chi connectivity index (χ1) is 7.74. The highest BCUT2D eigenvalue weighted by atomic mass is 19.1. The van der Waals surface area contributed by atoms with E-state index in [0.717, 1.165) is 19.4 Å². The summed E-state index contributed by atoms with van der Waals surface area (Å²) >= 11 is 0. The first-order valence-electron chi connectivity index (χ1n) is 5.66. The van der Waals surface area contributed by atoms with Crippen molar-refractivity contribution < 1.29 is 9.18 Å². The molecule has 3 rings (SSSR count). The number of amides is 1. The van der Waals surface area contributed by atoms with Gasteiger partial charge in [0.2, 0.25) is 5.95 Å². The van der Waals surface area contributed by atoms with Crippen LogP contribution in [0.25, 0.3) is 0 Å². The molecule has 1 aromatic rings. The van der Waals surface area contributed by atoms with Gasteiger partial charge in [-0.2, -0.15) is 4.39 Å². The number of likely N-dealkylation sites (tertiary alicyclic amines) is 1. The van der Waals surface area contributed by atoms with E-state index in [4.69, 9.17) is 0 Å². The van der Waals surface area contributed by atoms with Crippen LogP contribution in [-0.2, 0) is 0 Å². The normalized spacial score (nSPS) is 27.4. The van der Waals surface area contributed by atoms with Gasteiger partial charge >= 0.3 is 0 Å². The number of hydrogen-bond acceptors (Lipinski definition) is 2. The second kappa shape index (κ2) is 3.54. The lowest BCUT2D eigenvalue weighted by Crippen LogP contribution is -2.37. The van der Waals surface area contributed by atoms with Crippen LogP contribution in [0.3, 0.4) is 0 Å². The third kappa shape index (κ3) is 1.49.